The van der Waals surface area contributed by atoms with Gasteiger partial charge in [0.05, 0.1) is 25.2 Å². The molecule has 1 aliphatic rings. The van der Waals surface area contributed by atoms with E-state index in [2.05, 4.69) is 30.9 Å². The largest absolute Gasteiger partial charge is 0.352 e. The zero-order valence-electron chi connectivity index (χ0n) is 16.5. The first-order valence-electron chi connectivity index (χ1n) is 9.65. The van der Waals surface area contributed by atoms with Gasteiger partial charge in [-0.25, -0.2) is 9.37 Å². The number of hydrogen-bond acceptors (Lipinski definition) is 6. The van der Waals surface area contributed by atoms with E-state index in [0.717, 1.165) is 55.4 Å². The molecule has 9 heteroatoms. The third-order valence-corrected chi connectivity index (χ3v) is 5.01. The lowest BCUT2D eigenvalue weighted by atomic mass is 10.1. The highest BCUT2D eigenvalue weighted by molar-refractivity contribution is 5.85. The molecule has 156 valence electrons. The van der Waals surface area contributed by atoms with Crippen molar-refractivity contribution < 1.29 is 4.39 Å². The number of benzene rings is 1. The summed E-state index contributed by atoms with van der Waals surface area (Å²) < 4.78 is 15.1. The van der Waals surface area contributed by atoms with E-state index < -0.39 is 0 Å². The fourth-order valence-corrected chi connectivity index (χ4v) is 3.52. The summed E-state index contributed by atoms with van der Waals surface area (Å²) in [6.07, 6.45) is 7.72. The van der Waals surface area contributed by atoms with Gasteiger partial charge in [-0.3, -0.25) is 14.6 Å². The molecule has 2 aromatic heterocycles. The Morgan fingerprint density at radius 2 is 1.77 bits per heavy atom. The van der Waals surface area contributed by atoms with E-state index in [-0.39, 0.29) is 18.2 Å². The summed E-state index contributed by atoms with van der Waals surface area (Å²) in [5, 5.41) is 13.0. The van der Waals surface area contributed by atoms with Crippen LogP contribution in [0.25, 0.3) is 11.3 Å². The van der Waals surface area contributed by atoms with Crippen molar-refractivity contribution in [3.8, 4) is 17.3 Å². The molecule has 4 rings (SSSR count). The second kappa shape index (κ2) is 10.1. The number of nitriles is 1. The van der Waals surface area contributed by atoms with Crippen LogP contribution in [0.1, 0.15) is 12.0 Å². The van der Waals surface area contributed by atoms with Gasteiger partial charge in [-0.05, 0) is 24.3 Å². The maximum atomic E-state index is 13.3. The summed E-state index contributed by atoms with van der Waals surface area (Å²) in [7, 11) is 0. The Morgan fingerprint density at radius 1 is 1.03 bits per heavy atom. The number of rotatable bonds is 6. The Kier molecular flexibility index (Phi) is 7.33. The van der Waals surface area contributed by atoms with Gasteiger partial charge in [0.2, 0.25) is 0 Å². The number of nitrogens with zero attached hydrogens (tertiary/aromatic N) is 7. The van der Waals surface area contributed by atoms with E-state index in [1.807, 2.05) is 17.1 Å². The van der Waals surface area contributed by atoms with Crippen molar-refractivity contribution in [1.82, 2.24) is 24.6 Å². The fraction of sp³-hybridized carbons (Fsp3) is 0.333. The molecule has 7 nitrogen and oxygen atoms in total. The molecule has 0 spiro atoms. The summed E-state index contributed by atoms with van der Waals surface area (Å²) >= 11 is 0. The lowest BCUT2D eigenvalue weighted by molar-refractivity contribution is 0.249. The normalized spacial score (nSPS) is 14.2. The third kappa shape index (κ3) is 5.12. The maximum absolute atomic E-state index is 13.3. The summed E-state index contributed by atoms with van der Waals surface area (Å²) in [6, 6.07) is 8.51. The van der Waals surface area contributed by atoms with Gasteiger partial charge >= 0.3 is 0 Å². The van der Waals surface area contributed by atoms with Crippen molar-refractivity contribution in [2.45, 2.75) is 19.5 Å². The maximum Gasteiger partial charge on any atom is 0.155 e. The van der Waals surface area contributed by atoms with Gasteiger partial charge in [0.1, 0.15) is 11.5 Å². The summed E-state index contributed by atoms with van der Waals surface area (Å²) in [5.41, 5.74) is 2.80. The SMILES string of the molecule is Cl.N#CCCn1cc(CN2CCN(c3nccnc3-c3ccc(F)cc3)CC2)cn1. The summed E-state index contributed by atoms with van der Waals surface area (Å²) in [5.74, 6) is 0.576. The van der Waals surface area contributed by atoms with E-state index >= 15 is 0 Å². The van der Waals surface area contributed by atoms with Crippen LogP contribution in [0.3, 0.4) is 0 Å². The Labute approximate surface area is 181 Å². The van der Waals surface area contributed by atoms with Gasteiger partial charge in [0.15, 0.2) is 5.82 Å². The number of piperazine rings is 1. The Morgan fingerprint density at radius 3 is 2.50 bits per heavy atom. The van der Waals surface area contributed by atoms with Gasteiger partial charge in [-0.1, -0.05) is 0 Å². The zero-order chi connectivity index (χ0) is 20.1. The molecule has 1 saturated heterocycles. The molecular weight excluding hydrogens is 405 g/mol. The monoisotopic (exact) mass is 427 g/mol. The third-order valence-electron chi connectivity index (χ3n) is 5.01. The second-order valence-corrected chi connectivity index (χ2v) is 7.02. The van der Waals surface area contributed by atoms with Gasteiger partial charge < -0.3 is 4.90 Å². The number of aryl methyl sites for hydroxylation is 1. The quantitative estimate of drug-likeness (QED) is 0.601. The predicted molar refractivity (Wildman–Crippen MR) is 115 cm³/mol. The molecular formula is C21H23ClFN7. The van der Waals surface area contributed by atoms with E-state index in [4.69, 9.17) is 5.26 Å². The molecule has 0 N–H and O–H groups in total. The molecule has 1 aromatic carbocycles. The molecule has 3 aromatic rings. The van der Waals surface area contributed by atoms with Gasteiger partial charge in [-0.2, -0.15) is 10.4 Å². The Balaban J connectivity index is 0.00000256. The second-order valence-electron chi connectivity index (χ2n) is 7.02. The van der Waals surface area contributed by atoms with Crippen LogP contribution in [0, 0.1) is 17.1 Å². The standard InChI is InChI=1S/C21H22FN7.ClH/c22-19-4-2-18(3-5-19)20-21(25-8-7-24-20)28-12-10-27(11-13-28)15-17-14-26-29(16-17)9-1-6-23;/h2-5,7-8,14,16H,1,9-13,15H2;1H. The first kappa shape index (κ1) is 21.7. The Bertz CT molecular complexity index is 991. The average molecular weight is 428 g/mol. The highest BCUT2D eigenvalue weighted by atomic mass is 35.5. The van der Waals surface area contributed by atoms with E-state index in [9.17, 15) is 4.39 Å². The molecule has 0 aliphatic carbocycles. The van der Waals surface area contributed by atoms with Gasteiger partial charge in [0, 0.05) is 62.4 Å². The van der Waals surface area contributed by atoms with E-state index in [0.29, 0.717) is 13.0 Å². The first-order valence-corrected chi connectivity index (χ1v) is 9.65. The van der Waals surface area contributed by atoms with Crippen LogP contribution in [0.15, 0.2) is 49.1 Å². The van der Waals surface area contributed by atoms with Crippen LogP contribution in [0.2, 0.25) is 0 Å². The van der Waals surface area contributed by atoms with Crippen molar-refractivity contribution in [3.63, 3.8) is 0 Å². The van der Waals surface area contributed by atoms with Crippen molar-refractivity contribution in [1.29, 1.82) is 5.26 Å². The van der Waals surface area contributed by atoms with Gasteiger partial charge in [-0.15, -0.1) is 12.4 Å². The van der Waals surface area contributed by atoms with Crippen LogP contribution in [0.5, 0.6) is 0 Å². The molecule has 3 heterocycles. The molecule has 30 heavy (non-hydrogen) atoms. The van der Waals surface area contributed by atoms with E-state index in [1.54, 1.807) is 24.5 Å². The van der Waals surface area contributed by atoms with Crippen molar-refractivity contribution in [2.75, 3.05) is 31.1 Å². The average Bonchev–Trinajstić information content (AvgIpc) is 3.21. The zero-order valence-corrected chi connectivity index (χ0v) is 17.3. The van der Waals surface area contributed by atoms with Crippen LogP contribution in [-0.4, -0.2) is 50.8 Å². The minimum Gasteiger partial charge on any atom is -0.352 e. The molecule has 0 bridgehead atoms. The minimum atomic E-state index is -0.260. The minimum absolute atomic E-state index is 0. The van der Waals surface area contributed by atoms with Crippen molar-refractivity contribution >= 4 is 18.2 Å². The fourth-order valence-electron chi connectivity index (χ4n) is 3.52. The number of aromatic nitrogens is 4. The number of hydrogen-bond donors (Lipinski definition) is 0. The highest BCUT2D eigenvalue weighted by Gasteiger charge is 2.21. The highest BCUT2D eigenvalue weighted by Crippen LogP contribution is 2.27. The number of halogens is 2. The van der Waals surface area contributed by atoms with E-state index in [1.165, 1.54) is 12.1 Å². The van der Waals surface area contributed by atoms with Crippen LogP contribution in [-0.2, 0) is 13.1 Å². The van der Waals surface area contributed by atoms with Gasteiger partial charge in [0.25, 0.3) is 0 Å². The lowest BCUT2D eigenvalue weighted by Crippen LogP contribution is -2.46. The molecule has 0 saturated carbocycles. The van der Waals surface area contributed by atoms with Crippen molar-refractivity contribution in [3.05, 3.63) is 60.4 Å². The molecule has 0 unspecified atom stereocenters. The molecule has 1 fully saturated rings. The molecule has 0 amide bonds. The van der Waals surface area contributed by atoms with Crippen LogP contribution in [0.4, 0.5) is 10.2 Å². The Hall–Kier alpha value is -3.02. The topological polar surface area (TPSA) is 73.9 Å². The predicted octanol–water partition coefficient (Wildman–Crippen LogP) is 3.14. The van der Waals surface area contributed by atoms with Crippen LogP contribution >= 0.6 is 12.4 Å². The molecule has 1 aliphatic heterocycles. The summed E-state index contributed by atoms with van der Waals surface area (Å²) in [6.45, 7) is 4.96. The summed E-state index contributed by atoms with van der Waals surface area (Å²) in [4.78, 5) is 13.7. The lowest BCUT2D eigenvalue weighted by Gasteiger charge is -2.35. The molecule has 0 radical (unpaired) electrons. The number of anilines is 1. The first-order chi connectivity index (χ1) is 14.2. The van der Waals surface area contributed by atoms with Crippen molar-refractivity contribution in [2.24, 2.45) is 0 Å². The molecule has 0 atom stereocenters. The van der Waals surface area contributed by atoms with Crippen LogP contribution < -0.4 is 4.90 Å². The smallest absolute Gasteiger partial charge is 0.155 e.